The maximum Gasteiger partial charge on any atom is -0.0351 e. The fourth-order valence-corrected chi connectivity index (χ4v) is 6.46. The lowest BCUT2D eigenvalue weighted by molar-refractivity contribution is 0.430. The predicted octanol–water partition coefficient (Wildman–Crippen LogP) is 15.9. The van der Waals surface area contributed by atoms with E-state index >= 15 is 0 Å². The summed E-state index contributed by atoms with van der Waals surface area (Å²) in [4.78, 5) is 0. The Bertz CT molecular complexity index is 463. The Labute approximate surface area is 263 Å². The van der Waals surface area contributed by atoms with Gasteiger partial charge in [-0.2, -0.15) is 0 Å². The van der Waals surface area contributed by atoms with Crippen molar-refractivity contribution in [3.8, 4) is 0 Å². The van der Waals surface area contributed by atoms with Gasteiger partial charge in [0.25, 0.3) is 0 Å². The molecule has 0 aromatic rings. The molecule has 0 N–H and O–H groups in total. The molecule has 0 rings (SSSR count). The third-order valence-corrected chi connectivity index (χ3v) is 9.51. The zero-order valence-corrected chi connectivity index (χ0v) is 29.5. The summed E-state index contributed by atoms with van der Waals surface area (Å²) in [6.45, 7) is 7.12. The monoisotopic (exact) mass is 575 g/mol. The van der Waals surface area contributed by atoms with Crippen LogP contribution in [0.3, 0.4) is 0 Å². The highest BCUT2D eigenvalue weighted by atomic mass is 14.1. The second-order valence-corrected chi connectivity index (χ2v) is 14.0. The van der Waals surface area contributed by atoms with Crippen molar-refractivity contribution in [1.82, 2.24) is 0 Å². The van der Waals surface area contributed by atoms with E-state index in [2.05, 4.69) is 32.9 Å². The lowest BCUT2D eigenvalue weighted by Crippen LogP contribution is -1.95. The molecule has 0 fully saturated rings. The van der Waals surface area contributed by atoms with Gasteiger partial charge < -0.3 is 0 Å². The van der Waals surface area contributed by atoms with Crippen molar-refractivity contribution in [3.63, 3.8) is 0 Å². The summed E-state index contributed by atoms with van der Waals surface area (Å²) in [7, 11) is 0. The van der Waals surface area contributed by atoms with Crippen LogP contribution < -0.4 is 0 Å². The first-order valence-electron chi connectivity index (χ1n) is 20.0. The van der Waals surface area contributed by atoms with Crippen LogP contribution in [0.15, 0.2) is 12.2 Å². The summed E-state index contributed by atoms with van der Waals surface area (Å²) in [5.74, 6) is 0.960. The molecule has 0 radical (unpaired) electrons. The highest BCUT2D eigenvalue weighted by Crippen LogP contribution is 2.19. The second kappa shape index (κ2) is 37.8. The third-order valence-electron chi connectivity index (χ3n) is 9.51. The van der Waals surface area contributed by atoms with E-state index in [4.69, 9.17) is 0 Å². The normalized spacial score (nSPS) is 12.6. The van der Waals surface area contributed by atoms with Crippen LogP contribution >= 0.6 is 0 Å². The minimum absolute atomic E-state index is 0.960. The first-order chi connectivity index (χ1) is 20.3. The summed E-state index contributed by atoms with van der Waals surface area (Å²) in [5.41, 5.74) is 0. The molecule has 0 aliphatic heterocycles. The molecule has 0 aliphatic rings. The molecule has 0 heterocycles. The summed E-state index contributed by atoms with van der Waals surface area (Å²) in [6, 6.07) is 0. The molecule has 41 heavy (non-hydrogen) atoms. The van der Waals surface area contributed by atoms with Gasteiger partial charge in [-0.15, -0.1) is 0 Å². The Morgan fingerprint density at radius 2 is 0.512 bits per heavy atom. The van der Waals surface area contributed by atoms with Crippen molar-refractivity contribution in [3.05, 3.63) is 12.2 Å². The largest absolute Gasteiger partial charge is 0.0885 e. The highest BCUT2D eigenvalue weighted by Gasteiger charge is 2.02. The molecule has 0 heteroatoms. The van der Waals surface area contributed by atoms with E-state index in [0.29, 0.717) is 0 Å². The van der Waals surface area contributed by atoms with E-state index < -0.39 is 0 Å². The first kappa shape index (κ1) is 40.7. The highest BCUT2D eigenvalue weighted by molar-refractivity contribution is 4.81. The van der Waals surface area contributed by atoms with E-state index in [1.54, 1.807) is 0 Å². The van der Waals surface area contributed by atoms with Gasteiger partial charge in [-0.3, -0.25) is 0 Å². The van der Waals surface area contributed by atoms with Gasteiger partial charge in [0.2, 0.25) is 0 Å². The fourth-order valence-electron chi connectivity index (χ4n) is 6.46. The van der Waals surface area contributed by atoms with Crippen LogP contribution in [0.1, 0.15) is 245 Å². The third kappa shape index (κ3) is 37.7. The molecule has 0 saturated carbocycles. The van der Waals surface area contributed by atoms with Crippen LogP contribution in [0.5, 0.6) is 0 Å². The van der Waals surface area contributed by atoms with Crippen molar-refractivity contribution in [2.45, 2.75) is 245 Å². The predicted molar refractivity (Wildman–Crippen MR) is 191 cm³/mol. The van der Waals surface area contributed by atoms with E-state index in [1.165, 1.54) is 225 Å². The molecule has 0 aliphatic carbocycles. The van der Waals surface area contributed by atoms with Crippen LogP contribution in [-0.4, -0.2) is 0 Å². The average Bonchev–Trinajstić information content (AvgIpc) is 2.98. The second-order valence-electron chi connectivity index (χ2n) is 14.0. The minimum atomic E-state index is 0.960. The molecule has 246 valence electrons. The average molecular weight is 575 g/mol. The minimum Gasteiger partial charge on any atom is -0.0885 e. The Morgan fingerprint density at radius 1 is 0.293 bits per heavy atom. The molecule has 0 aromatic carbocycles. The molecule has 0 saturated heterocycles. The molecule has 0 spiro atoms. The number of unbranched alkanes of at least 4 members (excludes halogenated alkanes) is 30. The number of rotatable bonds is 36. The van der Waals surface area contributed by atoms with Crippen molar-refractivity contribution in [2.75, 3.05) is 0 Å². The van der Waals surface area contributed by atoms with Crippen LogP contribution in [-0.2, 0) is 0 Å². The summed E-state index contributed by atoms with van der Waals surface area (Å²) in [5, 5.41) is 0. The van der Waals surface area contributed by atoms with E-state index in [9.17, 15) is 0 Å². The maximum atomic E-state index is 2.50. The molecule has 1 atom stereocenters. The SMILES string of the molecule is CCCCCCCCCCCCC/C=C/CCCCCCCCCCCC(C)CCCCCCCCCCCCC. The molecular weight excluding hydrogens is 492 g/mol. The van der Waals surface area contributed by atoms with Gasteiger partial charge in [-0.1, -0.05) is 232 Å². The Morgan fingerprint density at radius 3 is 0.780 bits per heavy atom. The Kier molecular flexibility index (Phi) is 37.5. The number of hydrogen-bond acceptors (Lipinski definition) is 0. The van der Waals surface area contributed by atoms with Crippen molar-refractivity contribution in [2.24, 2.45) is 5.92 Å². The molecule has 0 bridgehead atoms. The van der Waals surface area contributed by atoms with Crippen LogP contribution in [0, 0.1) is 5.92 Å². The van der Waals surface area contributed by atoms with Crippen molar-refractivity contribution in [1.29, 1.82) is 0 Å². The topological polar surface area (TPSA) is 0 Å². The number of allylic oxidation sites excluding steroid dienone is 2. The Balaban J connectivity index is 3.17. The van der Waals surface area contributed by atoms with Crippen LogP contribution in [0.4, 0.5) is 0 Å². The molecule has 0 aromatic heterocycles. The van der Waals surface area contributed by atoms with E-state index in [-0.39, 0.29) is 0 Å². The van der Waals surface area contributed by atoms with Crippen LogP contribution in [0.25, 0.3) is 0 Å². The quantitative estimate of drug-likeness (QED) is 0.0515. The van der Waals surface area contributed by atoms with Gasteiger partial charge in [-0.25, -0.2) is 0 Å². The molecule has 1 unspecified atom stereocenters. The van der Waals surface area contributed by atoms with Gasteiger partial charge >= 0.3 is 0 Å². The summed E-state index contributed by atoms with van der Waals surface area (Å²) >= 11 is 0. The first-order valence-corrected chi connectivity index (χ1v) is 20.0. The van der Waals surface area contributed by atoms with Crippen molar-refractivity contribution >= 4 is 0 Å². The maximum absolute atomic E-state index is 2.50. The molecule has 0 nitrogen and oxygen atoms in total. The lowest BCUT2D eigenvalue weighted by atomic mass is 9.95. The fraction of sp³-hybridized carbons (Fsp3) is 0.951. The number of hydrogen-bond donors (Lipinski definition) is 0. The molecular formula is C41H82. The zero-order chi connectivity index (χ0) is 29.7. The van der Waals surface area contributed by atoms with Gasteiger partial charge in [0.05, 0.1) is 0 Å². The summed E-state index contributed by atoms with van der Waals surface area (Å²) < 4.78 is 0. The smallest absolute Gasteiger partial charge is 0.0351 e. The van der Waals surface area contributed by atoms with Gasteiger partial charge in [0.15, 0.2) is 0 Å². The van der Waals surface area contributed by atoms with Gasteiger partial charge in [0.1, 0.15) is 0 Å². The molecule has 0 amide bonds. The lowest BCUT2D eigenvalue weighted by Gasteiger charge is -2.11. The van der Waals surface area contributed by atoms with Gasteiger partial charge in [-0.05, 0) is 31.6 Å². The van der Waals surface area contributed by atoms with E-state index in [1.807, 2.05) is 0 Å². The zero-order valence-electron chi connectivity index (χ0n) is 29.5. The summed E-state index contributed by atoms with van der Waals surface area (Å²) in [6.07, 6.45) is 55.8. The van der Waals surface area contributed by atoms with Crippen LogP contribution in [0.2, 0.25) is 0 Å². The van der Waals surface area contributed by atoms with Gasteiger partial charge in [0, 0.05) is 0 Å². The van der Waals surface area contributed by atoms with Crippen molar-refractivity contribution < 1.29 is 0 Å². The van der Waals surface area contributed by atoms with E-state index in [0.717, 1.165) is 5.92 Å². The standard InChI is InChI=1S/C41H82/c1-4-6-8-10-12-14-16-17-18-19-20-21-22-23-24-25-26-27-28-30-32-34-36-38-40-41(3)39-37-35-33-31-29-15-13-11-9-7-5-2/h22-23,41H,4-21,24-40H2,1-3H3/b23-22+. The Hall–Kier alpha value is -0.260.